The predicted octanol–water partition coefficient (Wildman–Crippen LogP) is 2.79. The van der Waals surface area contributed by atoms with E-state index < -0.39 is 0 Å². The summed E-state index contributed by atoms with van der Waals surface area (Å²) < 4.78 is 1.80. The molecule has 3 rings (SSSR count). The summed E-state index contributed by atoms with van der Waals surface area (Å²) in [7, 11) is 0. The van der Waals surface area contributed by atoms with Crippen molar-refractivity contribution in [2.45, 2.75) is 6.54 Å². The number of thiophene rings is 1. The smallest absolute Gasteiger partial charge is 0.155 e. The molecule has 0 bridgehead atoms. The third kappa shape index (κ3) is 3.09. The molecule has 0 spiro atoms. The van der Waals surface area contributed by atoms with Gasteiger partial charge in [0.25, 0.3) is 0 Å². The van der Waals surface area contributed by atoms with Gasteiger partial charge < -0.3 is 0 Å². The Balaban J connectivity index is 1.73. The van der Waals surface area contributed by atoms with Crippen molar-refractivity contribution >= 4 is 11.3 Å². The Labute approximate surface area is 115 Å². The van der Waals surface area contributed by atoms with Crippen LogP contribution in [0.25, 0.3) is 0 Å². The van der Waals surface area contributed by atoms with Gasteiger partial charge in [-0.15, -0.1) is 16.4 Å². The van der Waals surface area contributed by atoms with E-state index in [9.17, 15) is 0 Å². The first-order chi connectivity index (χ1) is 9.40. The van der Waals surface area contributed by atoms with Crippen molar-refractivity contribution in [3.05, 3.63) is 70.2 Å². The lowest BCUT2D eigenvalue weighted by Gasteiger charge is -1.98. The molecule has 19 heavy (non-hydrogen) atoms. The Morgan fingerprint density at radius 1 is 1.05 bits per heavy atom. The lowest BCUT2D eigenvalue weighted by atomic mass is 10.2. The van der Waals surface area contributed by atoms with E-state index in [1.807, 2.05) is 41.9 Å². The molecule has 0 saturated heterocycles. The summed E-state index contributed by atoms with van der Waals surface area (Å²) in [6.07, 6.45) is 1.87. The Kier molecular flexibility index (Phi) is 3.39. The molecule has 2 aromatic heterocycles. The fourth-order valence-electron chi connectivity index (χ4n) is 1.68. The number of hydrogen-bond acceptors (Lipinski definition) is 3. The molecule has 0 aliphatic carbocycles. The van der Waals surface area contributed by atoms with Crippen LogP contribution in [0.4, 0.5) is 0 Å². The number of hydrogen-bond donors (Lipinski definition) is 0. The standard InChI is InChI=1S/C15H11N3S/c1-2-5-13(6-3-1)11-18-12-14(16-17-18)8-9-15-7-4-10-19-15/h1-7,10,12H,11H2. The molecular formula is C15H11N3S. The minimum absolute atomic E-state index is 0.698. The maximum absolute atomic E-state index is 4.08. The highest BCUT2D eigenvalue weighted by atomic mass is 32.1. The Bertz CT molecular complexity index is 703. The molecule has 0 fully saturated rings. The average molecular weight is 265 g/mol. The molecule has 4 heteroatoms. The van der Waals surface area contributed by atoms with Crippen LogP contribution in [0.5, 0.6) is 0 Å². The van der Waals surface area contributed by atoms with Crippen LogP contribution in [-0.4, -0.2) is 15.0 Å². The first-order valence-corrected chi connectivity index (χ1v) is 6.78. The maximum atomic E-state index is 4.08. The summed E-state index contributed by atoms with van der Waals surface area (Å²) in [4.78, 5) is 1.04. The van der Waals surface area contributed by atoms with Crippen LogP contribution in [0.2, 0.25) is 0 Å². The Hall–Kier alpha value is -2.38. The van der Waals surface area contributed by atoms with E-state index in [1.165, 1.54) is 5.56 Å². The summed E-state index contributed by atoms with van der Waals surface area (Å²) in [5, 5.41) is 10.1. The zero-order valence-electron chi connectivity index (χ0n) is 10.2. The molecule has 92 valence electrons. The van der Waals surface area contributed by atoms with E-state index in [2.05, 4.69) is 34.3 Å². The summed E-state index contributed by atoms with van der Waals surface area (Å²) in [5.74, 6) is 6.09. The molecule has 3 aromatic rings. The van der Waals surface area contributed by atoms with Crippen molar-refractivity contribution in [2.75, 3.05) is 0 Å². The van der Waals surface area contributed by atoms with Crippen molar-refractivity contribution in [3.63, 3.8) is 0 Å². The van der Waals surface area contributed by atoms with Crippen LogP contribution >= 0.6 is 11.3 Å². The zero-order chi connectivity index (χ0) is 12.9. The fourth-order valence-corrected chi connectivity index (χ4v) is 2.25. The lowest BCUT2D eigenvalue weighted by Crippen LogP contribution is -1.99. The van der Waals surface area contributed by atoms with E-state index in [1.54, 1.807) is 16.0 Å². The van der Waals surface area contributed by atoms with Crippen molar-refractivity contribution in [1.29, 1.82) is 0 Å². The van der Waals surface area contributed by atoms with Gasteiger partial charge in [-0.05, 0) is 28.9 Å². The molecule has 0 aliphatic rings. The third-order valence-corrected chi connectivity index (χ3v) is 3.35. The van der Waals surface area contributed by atoms with E-state index in [0.29, 0.717) is 12.2 Å². The molecule has 1 aromatic carbocycles. The molecule has 0 radical (unpaired) electrons. The fraction of sp³-hybridized carbons (Fsp3) is 0.0667. The van der Waals surface area contributed by atoms with Gasteiger partial charge in [-0.1, -0.05) is 41.6 Å². The second-order valence-electron chi connectivity index (χ2n) is 4.01. The van der Waals surface area contributed by atoms with Gasteiger partial charge in [0.05, 0.1) is 17.6 Å². The van der Waals surface area contributed by atoms with Gasteiger partial charge >= 0.3 is 0 Å². The molecule has 0 unspecified atom stereocenters. The number of aromatic nitrogens is 3. The number of rotatable bonds is 2. The van der Waals surface area contributed by atoms with Crippen LogP contribution in [0.1, 0.15) is 16.1 Å². The highest BCUT2D eigenvalue weighted by Gasteiger charge is 1.98. The normalized spacial score (nSPS) is 9.89. The summed E-state index contributed by atoms with van der Waals surface area (Å²) in [5.41, 5.74) is 1.90. The minimum atomic E-state index is 0.698. The topological polar surface area (TPSA) is 30.7 Å². The zero-order valence-corrected chi connectivity index (χ0v) is 11.0. The molecule has 3 nitrogen and oxygen atoms in total. The van der Waals surface area contributed by atoms with Crippen LogP contribution < -0.4 is 0 Å². The first kappa shape index (κ1) is 11.7. The Morgan fingerprint density at radius 2 is 1.95 bits per heavy atom. The van der Waals surface area contributed by atoms with Crippen molar-refractivity contribution in [1.82, 2.24) is 15.0 Å². The van der Waals surface area contributed by atoms with Crippen molar-refractivity contribution < 1.29 is 0 Å². The molecule has 0 saturated carbocycles. The quantitative estimate of drug-likeness (QED) is 0.667. The Morgan fingerprint density at radius 3 is 2.74 bits per heavy atom. The van der Waals surface area contributed by atoms with E-state index in [-0.39, 0.29) is 0 Å². The van der Waals surface area contributed by atoms with E-state index in [0.717, 1.165) is 4.88 Å². The molecule has 0 amide bonds. The van der Waals surface area contributed by atoms with Crippen LogP contribution in [0.15, 0.2) is 54.0 Å². The van der Waals surface area contributed by atoms with Crippen molar-refractivity contribution in [2.24, 2.45) is 0 Å². The highest BCUT2D eigenvalue weighted by molar-refractivity contribution is 7.10. The molecular weight excluding hydrogens is 254 g/mol. The van der Waals surface area contributed by atoms with Gasteiger partial charge in [0, 0.05) is 0 Å². The van der Waals surface area contributed by atoms with Crippen molar-refractivity contribution in [3.8, 4) is 11.8 Å². The SMILES string of the molecule is C(#Cc1cccs1)c1cn(Cc2ccccc2)nn1. The van der Waals surface area contributed by atoms with Gasteiger partial charge in [-0.25, -0.2) is 4.68 Å². The van der Waals surface area contributed by atoms with Gasteiger partial charge in [0.1, 0.15) is 0 Å². The predicted molar refractivity (Wildman–Crippen MR) is 75.9 cm³/mol. The minimum Gasteiger partial charge on any atom is -0.247 e. The second-order valence-corrected chi connectivity index (χ2v) is 4.96. The maximum Gasteiger partial charge on any atom is 0.155 e. The highest BCUT2D eigenvalue weighted by Crippen LogP contribution is 2.06. The summed E-state index contributed by atoms with van der Waals surface area (Å²) >= 11 is 1.62. The first-order valence-electron chi connectivity index (χ1n) is 5.90. The third-order valence-electron chi connectivity index (χ3n) is 2.56. The second kappa shape index (κ2) is 5.51. The van der Waals surface area contributed by atoms with Crippen LogP contribution in [0.3, 0.4) is 0 Å². The van der Waals surface area contributed by atoms with Gasteiger partial charge in [0.2, 0.25) is 0 Å². The molecule has 0 aliphatic heterocycles. The van der Waals surface area contributed by atoms with E-state index in [4.69, 9.17) is 0 Å². The number of benzene rings is 1. The molecule has 0 atom stereocenters. The van der Waals surface area contributed by atoms with Gasteiger partial charge in [-0.2, -0.15) is 0 Å². The van der Waals surface area contributed by atoms with Crippen LogP contribution in [0, 0.1) is 11.8 Å². The van der Waals surface area contributed by atoms with Gasteiger partial charge in [-0.3, -0.25) is 0 Å². The largest absolute Gasteiger partial charge is 0.247 e. The molecule has 0 N–H and O–H groups in total. The monoisotopic (exact) mass is 265 g/mol. The van der Waals surface area contributed by atoms with E-state index >= 15 is 0 Å². The summed E-state index contributed by atoms with van der Waals surface area (Å²) in [6, 6.07) is 14.2. The molecule has 2 heterocycles. The van der Waals surface area contributed by atoms with Crippen LogP contribution in [-0.2, 0) is 6.54 Å². The average Bonchev–Trinajstić information content (AvgIpc) is 3.09. The summed E-state index contributed by atoms with van der Waals surface area (Å²) in [6.45, 7) is 0.717. The van der Waals surface area contributed by atoms with Gasteiger partial charge in [0.15, 0.2) is 5.69 Å². The number of nitrogens with zero attached hydrogens (tertiary/aromatic N) is 3. The lowest BCUT2D eigenvalue weighted by molar-refractivity contribution is 0.649.